The minimum absolute atomic E-state index is 0.609. The van der Waals surface area contributed by atoms with Crippen molar-refractivity contribution in [2.75, 3.05) is 13.1 Å². The summed E-state index contributed by atoms with van der Waals surface area (Å²) in [6, 6.07) is 0. The van der Waals surface area contributed by atoms with Crippen LogP contribution in [0.15, 0.2) is 11.6 Å². The Balaban J connectivity index is 2.64. The van der Waals surface area contributed by atoms with Gasteiger partial charge >= 0.3 is 0 Å². The van der Waals surface area contributed by atoms with E-state index < -0.39 is 5.62 Å². The molecule has 0 saturated heterocycles. The Morgan fingerprint density at radius 1 is 1.57 bits per heavy atom. The molecular weight excluding hydrogens is 173 g/mol. The fourth-order valence-corrected chi connectivity index (χ4v) is 1.83. The van der Waals surface area contributed by atoms with Gasteiger partial charge in [-0.1, -0.05) is 25.5 Å². The van der Waals surface area contributed by atoms with Crippen LogP contribution in [0, 0.1) is 5.92 Å². The molecule has 0 bridgehead atoms. The van der Waals surface area contributed by atoms with Crippen molar-refractivity contribution in [2.24, 2.45) is 5.92 Å². The van der Waals surface area contributed by atoms with E-state index >= 15 is 0 Å². The number of aliphatic hydroxyl groups is 1. The molecule has 0 aromatic heterocycles. The van der Waals surface area contributed by atoms with Gasteiger partial charge in [0.05, 0.1) is 5.62 Å². The van der Waals surface area contributed by atoms with Gasteiger partial charge < -0.3 is 5.11 Å². The first kappa shape index (κ1) is 11.8. The Labute approximate surface area is 88.4 Å². The van der Waals surface area contributed by atoms with Crippen molar-refractivity contribution in [1.82, 2.24) is 4.90 Å². The van der Waals surface area contributed by atoms with Gasteiger partial charge in [-0.15, -0.1) is 0 Å². The summed E-state index contributed by atoms with van der Waals surface area (Å²) < 4.78 is 0. The molecular formula is C11H20BNO. The van der Waals surface area contributed by atoms with E-state index in [-0.39, 0.29) is 0 Å². The maximum Gasteiger partial charge on any atom is 0.135 e. The zero-order chi connectivity index (χ0) is 10.8. The van der Waals surface area contributed by atoms with Gasteiger partial charge in [0.25, 0.3) is 0 Å². The molecule has 1 rings (SSSR count). The summed E-state index contributed by atoms with van der Waals surface area (Å²) in [5, 5.41) is 9.67. The monoisotopic (exact) mass is 193 g/mol. The molecule has 2 radical (unpaired) electrons. The molecule has 0 spiro atoms. The molecule has 3 heteroatoms. The molecule has 1 unspecified atom stereocenters. The Morgan fingerprint density at radius 3 is 2.71 bits per heavy atom. The molecule has 1 atom stereocenters. The van der Waals surface area contributed by atoms with E-state index in [1.807, 2.05) is 4.90 Å². The second kappa shape index (κ2) is 4.50. The number of hydrogen-bond acceptors (Lipinski definition) is 2. The van der Waals surface area contributed by atoms with Crippen LogP contribution in [0.3, 0.4) is 0 Å². The lowest BCUT2D eigenvalue weighted by Crippen LogP contribution is -2.47. The highest BCUT2D eigenvalue weighted by Gasteiger charge is 2.23. The third-order valence-electron chi connectivity index (χ3n) is 2.85. The third-order valence-corrected chi connectivity index (χ3v) is 2.85. The summed E-state index contributed by atoms with van der Waals surface area (Å²) in [6.45, 7) is 7.69. The van der Waals surface area contributed by atoms with Gasteiger partial charge in [-0.3, -0.25) is 4.90 Å². The van der Waals surface area contributed by atoms with Gasteiger partial charge in [-0.05, 0) is 25.7 Å². The van der Waals surface area contributed by atoms with Crippen LogP contribution in [0.25, 0.3) is 0 Å². The largest absolute Gasteiger partial charge is 0.385 e. The summed E-state index contributed by atoms with van der Waals surface area (Å²) in [4.78, 5) is 1.91. The summed E-state index contributed by atoms with van der Waals surface area (Å²) in [6.07, 6.45) is 4.42. The molecule has 0 aromatic rings. The summed E-state index contributed by atoms with van der Waals surface area (Å²) >= 11 is 0. The van der Waals surface area contributed by atoms with E-state index in [4.69, 9.17) is 7.85 Å². The van der Waals surface area contributed by atoms with Crippen LogP contribution in [-0.2, 0) is 0 Å². The molecule has 1 aliphatic rings. The highest BCUT2D eigenvalue weighted by atomic mass is 16.3. The first-order valence-electron chi connectivity index (χ1n) is 5.36. The Kier molecular flexibility index (Phi) is 3.79. The van der Waals surface area contributed by atoms with Crippen LogP contribution in [0.1, 0.15) is 33.6 Å². The predicted molar refractivity (Wildman–Crippen MR) is 60.1 cm³/mol. The molecule has 0 aliphatic carbocycles. The van der Waals surface area contributed by atoms with Gasteiger partial charge in [0.15, 0.2) is 0 Å². The minimum Gasteiger partial charge on any atom is -0.385 e. The van der Waals surface area contributed by atoms with E-state index in [1.54, 1.807) is 6.92 Å². The minimum atomic E-state index is -1.18. The molecule has 0 amide bonds. The lowest BCUT2D eigenvalue weighted by molar-refractivity contribution is -0.0140. The fraction of sp³-hybridized carbons (Fsp3) is 0.818. The quantitative estimate of drug-likeness (QED) is 0.530. The van der Waals surface area contributed by atoms with Crippen LogP contribution in [0.4, 0.5) is 0 Å². The molecule has 1 aliphatic heterocycles. The van der Waals surface area contributed by atoms with E-state index in [0.717, 1.165) is 25.9 Å². The Morgan fingerprint density at radius 2 is 2.21 bits per heavy atom. The highest BCUT2D eigenvalue weighted by Crippen LogP contribution is 2.21. The molecule has 0 fully saturated rings. The maximum atomic E-state index is 9.67. The molecule has 78 valence electrons. The normalized spacial score (nSPS) is 24.2. The average molecular weight is 193 g/mol. The van der Waals surface area contributed by atoms with Gasteiger partial charge in [0.1, 0.15) is 7.85 Å². The topological polar surface area (TPSA) is 23.5 Å². The summed E-state index contributed by atoms with van der Waals surface area (Å²) in [7, 11) is 5.65. The molecule has 14 heavy (non-hydrogen) atoms. The fourth-order valence-electron chi connectivity index (χ4n) is 1.83. The van der Waals surface area contributed by atoms with Crippen LogP contribution in [-0.4, -0.2) is 36.6 Å². The van der Waals surface area contributed by atoms with Crippen molar-refractivity contribution < 1.29 is 5.11 Å². The number of rotatable bonds is 2. The van der Waals surface area contributed by atoms with Crippen molar-refractivity contribution in [3.05, 3.63) is 11.6 Å². The lowest BCUT2D eigenvalue weighted by Gasteiger charge is -2.33. The van der Waals surface area contributed by atoms with Gasteiger partial charge in [0.2, 0.25) is 0 Å². The van der Waals surface area contributed by atoms with Gasteiger partial charge in [-0.25, -0.2) is 0 Å². The first-order valence-corrected chi connectivity index (χ1v) is 5.36. The maximum absolute atomic E-state index is 9.67. The molecule has 1 heterocycles. The zero-order valence-corrected chi connectivity index (χ0v) is 9.45. The predicted octanol–water partition coefficient (Wildman–Crippen LogP) is 1.50. The van der Waals surface area contributed by atoms with Crippen LogP contribution >= 0.6 is 0 Å². The van der Waals surface area contributed by atoms with E-state index in [1.165, 1.54) is 5.57 Å². The van der Waals surface area contributed by atoms with Crippen molar-refractivity contribution in [3.8, 4) is 0 Å². The van der Waals surface area contributed by atoms with Crippen LogP contribution < -0.4 is 0 Å². The van der Waals surface area contributed by atoms with Crippen molar-refractivity contribution in [3.63, 3.8) is 0 Å². The second-order valence-electron chi connectivity index (χ2n) is 4.58. The number of allylic oxidation sites excluding steroid dienone is 1. The third kappa shape index (κ3) is 3.14. The standard InChI is InChI=1S/C11H20BNO/c1-9(2)10-5-4-7-13(8-6-10)11(3,12)14/h6,9,14H,4-5,7-8H2,1-3H3. The van der Waals surface area contributed by atoms with Crippen molar-refractivity contribution in [2.45, 2.75) is 39.2 Å². The molecule has 0 saturated carbocycles. The Bertz CT molecular complexity index is 218. The van der Waals surface area contributed by atoms with Crippen LogP contribution in [0.5, 0.6) is 0 Å². The van der Waals surface area contributed by atoms with Gasteiger partial charge in [0, 0.05) is 13.1 Å². The van der Waals surface area contributed by atoms with E-state index in [9.17, 15) is 5.11 Å². The smallest absolute Gasteiger partial charge is 0.135 e. The average Bonchev–Trinajstić information content (AvgIpc) is 2.26. The van der Waals surface area contributed by atoms with Crippen molar-refractivity contribution >= 4 is 7.85 Å². The van der Waals surface area contributed by atoms with Crippen LogP contribution in [0.2, 0.25) is 0 Å². The zero-order valence-electron chi connectivity index (χ0n) is 9.45. The van der Waals surface area contributed by atoms with Crippen molar-refractivity contribution in [1.29, 1.82) is 0 Å². The van der Waals surface area contributed by atoms with E-state index in [2.05, 4.69) is 19.9 Å². The SMILES string of the molecule is [B]C(C)(O)N1CC=C(C(C)C)CCC1. The molecule has 1 N–H and O–H groups in total. The number of nitrogens with zero attached hydrogens (tertiary/aromatic N) is 1. The van der Waals surface area contributed by atoms with E-state index in [0.29, 0.717) is 5.92 Å². The Hall–Kier alpha value is -0.275. The summed E-state index contributed by atoms with van der Waals surface area (Å²) in [5.74, 6) is 0.609. The molecule has 2 nitrogen and oxygen atoms in total. The van der Waals surface area contributed by atoms with Gasteiger partial charge in [-0.2, -0.15) is 0 Å². The first-order chi connectivity index (χ1) is 6.41. The number of hydrogen-bond donors (Lipinski definition) is 1. The highest BCUT2D eigenvalue weighted by molar-refractivity contribution is 6.13. The lowest BCUT2D eigenvalue weighted by atomic mass is 9.91. The molecule has 0 aromatic carbocycles. The summed E-state index contributed by atoms with van der Waals surface area (Å²) in [5.41, 5.74) is 0.305. The second-order valence-corrected chi connectivity index (χ2v) is 4.58.